The van der Waals surface area contributed by atoms with Crippen LogP contribution in [0, 0.1) is 6.92 Å². The number of hydrogen-bond acceptors (Lipinski definition) is 4. The summed E-state index contributed by atoms with van der Waals surface area (Å²) in [4.78, 5) is 6.80. The van der Waals surface area contributed by atoms with Gasteiger partial charge in [-0.05, 0) is 31.2 Å². The summed E-state index contributed by atoms with van der Waals surface area (Å²) in [6.07, 6.45) is 1.06. The Balaban J connectivity index is 1.66. The number of oxazole rings is 1. The number of aryl methyl sites for hydroxylation is 1. The largest absolute Gasteiger partial charge is 0.441 e. The highest BCUT2D eigenvalue weighted by Gasteiger charge is 2.20. The second-order valence-corrected chi connectivity index (χ2v) is 5.08. The third kappa shape index (κ3) is 2.26. The van der Waals surface area contributed by atoms with E-state index in [2.05, 4.69) is 34.4 Å². The predicted molar refractivity (Wildman–Crippen MR) is 71.7 cm³/mol. The van der Waals surface area contributed by atoms with E-state index in [0.29, 0.717) is 6.04 Å². The van der Waals surface area contributed by atoms with Gasteiger partial charge in [0, 0.05) is 32.6 Å². The fourth-order valence-corrected chi connectivity index (χ4v) is 2.32. The molecule has 1 N–H and O–H groups in total. The van der Waals surface area contributed by atoms with Crippen LogP contribution in [0.5, 0.6) is 0 Å². The normalized spacial score (nSPS) is 16.4. The van der Waals surface area contributed by atoms with Crippen molar-refractivity contribution in [3.8, 4) is 0 Å². The maximum atomic E-state index is 5.48. The van der Waals surface area contributed by atoms with Crippen LogP contribution in [-0.4, -0.2) is 42.6 Å². The standard InChI is InChI=1S/C14H19N3O/c1-10-16-13-7-11(3-4-14(13)18-10)5-6-17(2)12-8-15-9-12/h3-4,7,12,15H,5-6,8-9H2,1-2H3. The number of aromatic nitrogens is 1. The number of nitrogens with zero attached hydrogens (tertiary/aromatic N) is 2. The molecular formula is C14H19N3O. The van der Waals surface area contributed by atoms with E-state index in [-0.39, 0.29) is 0 Å². The topological polar surface area (TPSA) is 41.3 Å². The van der Waals surface area contributed by atoms with E-state index in [4.69, 9.17) is 4.42 Å². The number of likely N-dealkylation sites (N-methyl/N-ethyl adjacent to an activating group) is 1. The van der Waals surface area contributed by atoms with E-state index in [9.17, 15) is 0 Å². The molecule has 1 fully saturated rings. The zero-order valence-corrected chi connectivity index (χ0v) is 10.9. The second kappa shape index (κ2) is 4.71. The molecule has 0 aliphatic carbocycles. The van der Waals surface area contributed by atoms with Gasteiger partial charge in [-0.1, -0.05) is 6.07 Å². The summed E-state index contributed by atoms with van der Waals surface area (Å²) in [5, 5.41) is 3.30. The summed E-state index contributed by atoms with van der Waals surface area (Å²) >= 11 is 0. The van der Waals surface area contributed by atoms with E-state index in [0.717, 1.165) is 43.0 Å². The van der Waals surface area contributed by atoms with Gasteiger partial charge in [0.25, 0.3) is 0 Å². The number of nitrogens with one attached hydrogen (secondary N) is 1. The van der Waals surface area contributed by atoms with Crippen LogP contribution in [0.4, 0.5) is 0 Å². The molecule has 1 saturated heterocycles. The van der Waals surface area contributed by atoms with Gasteiger partial charge in [-0.3, -0.25) is 0 Å². The van der Waals surface area contributed by atoms with E-state index in [1.54, 1.807) is 0 Å². The van der Waals surface area contributed by atoms with Crippen LogP contribution in [0.15, 0.2) is 22.6 Å². The van der Waals surface area contributed by atoms with Crippen molar-refractivity contribution in [1.29, 1.82) is 0 Å². The van der Waals surface area contributed by atoms with Gasteiger partial charge in [0.2, 0.25) is 0 Å². The molecule has 0 unspecified atom stereocenters. The molecule has 0 spiro atoms. The van der Waals surface area contributed by atoms with Crippen LogP contribution in [0.25, 0.3) is 11.1 Å². The van der Waals surface area contributed by atoms with Crippen molar-refractivity contribution < 1.29 is 4.42 Å². The predicted octanol–water partition coefficient (Wildman–Crippen LogP) is 1.58. The lowest BCUT2D eigenvalue weighted by atomic mass is 10.1. The molecule has 0 saturated carbocycles. The first-order chi connectivity index (χ1) is 8.72. The molecule has 1 aliphatic rings. The quantitative estimate of drug-likeness (QED) is 0.888. The van der Waals surface area contributed by atoms with Gasteiger partial charge in [-0.2, -0.15) is 0 Å². The Morgan fingerprint density at radius 3 is 3.00 bits per heavy atom. The van der Waals surface area contributed by atoms with Crippen LogP contribution >= 0.6 is 0 Å². The Hall–Kier alpha value is -1.39. The van der Waals surface area contributed by atoms with Crippen molar-refractivity contribution >= 4 is 11.1 Å². The molecule has 1 aliphatic heterocycles. The van der Waals surface area contributed by atoms with Crippen molar-refractivity contribution in [2.45, 2.75) is 19.4 Å². The van der Waals surface area contributed by atoms with Gasteiger partial charge in [0.15, 0.2) is 11.5 Å². The van der Waals surface area contributed by atoms with E-state index >= 15 is 0 Å². The highest BCUT2D eigenvalue weighted by molar-refractivity contribution is 5.73. The van der Waals surface area contributed by atoms with E-state index < -0.39 is 0 Å². The third-order valence-corrected chi connectivity index (χ3v) is 3.70. The van der Waals surface area contributed by atoms with Gasteiger partial charge in [-0.25, -0.2) is 4.98 Å². The molecule has 0 radical (unpaired) electrons. The van der Waals surface area contributed by atoms with Gasteiger partial charge in [0.1, 0.15) is 5.52 Å². The van der Waals surface area contributed by atoms with Gasteiger partial charge >= 0.3 is 0 Å². The summed E-state index contributed by atoms with van der Waals surface area (Å²) in [5.74, 6) is 0.736. The number of benzene rings is 1. The molecule has 0 atom stereocenters. The molecule has 3 rings (SSSR count). The molecule has 4 heteroatoms. The first-order valence-corrected chi connectivity index (χ1v) is 6.49. The zero-order chi connectivity index (χ0) is 12.5. The molecule has 4 nitrogen and oxygen atoms in total. The van der Waals surface area contributed by atoms with Crippen molar-refractivity contribution in [3.63, 3.8) is 0 Å². The molecule has 1 aromatic heterocycles. The molecule has 18 heavy (non-hydrogen) atoms. The van der Waals surface area contributed by atoms with Gasteiger partial charge < -0.3 is 14.6 Å². The maximum Gasteiger partial charge on any atom is 0.192 e. The Kier molecular flexibility index (Phi) is 3.06. The first-order valence-electron chi connectivity index (χ1n) is 6.49. The van der Waals surface area contributed by atoms with Crippen LogP contribution in [0.1, 0.15) is 11.5 Å². The summed E-state index contributed by atoms with van der Waals surface area (Å²) in [7, 11) is 2.20. The van der Waals surface area contributed by atoms with E-state index in [1.807, 2.05) is 13.0 Å². The lowest BCUT2D eigenvalue weighted by molar-refractivity contribution is 0.182. The highest BCUT2D eigenvalue weighted by atomic mass is 16.3. The fourth-order valence-electron chi connectivity index (χ4n) is 2.32. The molecule has 0 bridgehead atoms. The van der Waals surface area contributed by atoms with Crippen LogP contribution in [0.3, 0.4) is 0 Å². The number of hydrogen-bond donors (Lipinski definition) is 1. The summed E-state index contributed by atoms with van der Waals surface area (Å²) in [6, 6.07) is 7.01. The first kappa shape index (κ1) is 11.7. The fraction of sp³-hybridized carbons (Fsp3) is 0.500. The minimum Gasteiger partial charge on any atom is -0.441 e. The SMILES string of the molecule is Cc1nc2cc(CCN(C)C3CNC3)ccc2o1. The number of rotatable bonds is 4. The monoisotopic (exact) mass is 245 g/mol. The smallest absolute Gasteiger partial charge is 0.192 e. The molecular weight excluding hydrogens is 226 g/mol. The van der Waals surface area contributed by atoms with Crippen molar-refractivity contribution in [2.24, 2.45) is 0 Å². The maximum absolute atomic E-state index is 5.48. The Morgan fingerprint density at radius 2 is 2.28 bits per heavy atom. The average molecular weight is 245 g/mol. The average Bonchev–Trinajstić information content (AvgIpc) is 2.63. The van der Waals surface area contributed by atoms with Crippen molar-refractivity contribution in [1.82, 2.24) is 15.2 Å². The lowest BCUT2D eigenvalue weighted by Gasteiger charge is -2.35. The molecule has 96 valence electrons. The lowest BCUT2D eigenvalue weighted by Crippen LogP contribution is -2.56. The summed E-state index contributed by atoms with van der Waals surface area (Å²) in [6.45, 7) is 5.22. The molecule has 1 aromatic carbocycles. The Bertz CT molecular complexity index is 545. The van der Waals surface area contributed by atoms with Gasteiger partial charge in [0.05, 0.1) is 0 Å². The number of fused-ring (bicyclic) bond motifs is 1. The molecule has 0 amide bonds. The van der Waals surface area contributed by atoms with Crippen LogP contribution in [0.2, 0.25) is 0 Å². The van der Waals surface area contributed by atoms with E-state index in [1.165, 1.54) is 5.56 Å². The van der Waals surface area contributed by atoms with Crippen molar-refractivity contribution in [3.05, 3.63) is 29.7 Å². The van der Waals surface area contributed by atoms with Crippen molar-refractivity contribution in [2.75, 3.05) is 26.7 Å². The summed E-state index contributed by atoms with van der Waals surface area (Å²) in [5.41, 5.74) is 3.18. The third-order valence-electron chi connectivity index (χ3n) is 3.70. The van der Waals surface area contributed by atoms with Crippen LogP contribution in [-0.2, 0) is 6.42 Å². The molecule has 2 heterocycles. The zero-order valence-electron chi connectivity index (χ0n) is 10.9. The second-order valence-electron chi connectivity index (χ2n) is 5.08. The van der Waals surface area contributed by atoms with Gasteiger partial charge in [-0.15, -0.1) is 0 Å². The Morgan fingerprint density at radius 1 is 1.44 bits per heavy atom. The van der Waals surface area contributed by atoms with Crippen LogP contribution < -0.4 is 5.32 Å². The Labute approximate surface area is 107 Å². The minimum absolute atomic E-state index is 0.711. The highest BCUT2D eigenvalue weighted by Crippen LogP contribution is 2.17. The minimum atomic E-state index is 0.711. The summed E-state index contributed by atoms with van der Waals surface area (Å²) < 4.78 is 5.48. The molecule has 2 aromatic rings.